The first-order valence-corrected chi connectivity index (χ1v) is 9.26. The van der Waals surface area contributed by atoms with E-state index in [4.69, 9.17) is 4.74 Å². The van der Waals surface area contributed by atoms with Crippen molar-refractivity contribution in [2.45, 2.75) is 43.7 Å². The molecule has 6 nitrogen and oxygen atoms in total. The van der Waals surface area contributed by atoms with Crippen LogP contribution in [-0.4, -0.2) is 45.0 Å². The minimum absolute atomic E-state index is 0.0308. The zero-order valence-electron chi connectivity index (χ0n) is 13.6. The molecule has 1 aliphatic carbocycles. The minimum atomic E-state index is -3.73. The van der Waals surface area contributed by atoms with Gasteiger partial charge in [0.15, 0.2) is 0 Å². The molecule has 7 heteroatoms. The molecule has 1 heterocycles. The largest absolute Gasteiger partial charge is 0.495 e. The number of hydrogen-bond acceptors (Lipinski definition) is 4. The van der Waals surface area contributed by atoms with Crippen LogP contribution >= 0.6 is 0 Å². The van der Waals surface area contributed by atoms with Crippen LogP contribution in [0.25, 0.3) is 0 Å². The van der Waals surface area contributed by atoms with Gasteiger partial charge < -0.3 is 9.64 Å². The van der Waals surface area contributed by atoms with E-state index in [9.17, 15) is 13.2 Å². The fraction of sp³-hybridized carbons (Fsp3) is 0.562. The first kappa shape index (κ1) is 16.3. The Morgan fingerprint density at radius 1 is 1.35 bits per heavy atom. The highest BCUT2D eigenvalue weighted by molar-refractivity contribution is 7.89. The lowest BCUT2D eigenvalue weighted by atomic mass is 10.2. The van der Waals surface area contributed by atoms with E-state index in [2.05, 4.69) is 11.6 Å². The zero-order valence-corrected chi connectivity index (χ0v) is 14.4. The van der Waals surface area contributed by atoms with Crippen molar-refractivity contribution in [3.63, 3.8) is 0 Å². The van der Waals surface area contributed by atoms with Crippen LogP contribution in [0.5, 0.6) is 5.75 Å². The molecule has 0 radical (unpaired) electrons. The van der Waals surface area contributed by atoms with Gasteiger partial charge in [0.05, 0.1) is 7.11 Å². The van der Waals surface area contributed by atoms with E-state index in [-0.39, 0.29) is 29.3 Å². The maximum atomic E-state index is 12.7. The predicted molar refractivity (Wildman–Crippen MR) is 85.7 cm³/mol. The number of carbonyl (C=O) groups excluding carboxylic acids is 1. The zero-order chi connectivity index (χ0) is 16.8. The third kappa shape index (κ3) is 3.21. The summed E-state index contributed by atoms with van der Waals surface area (Å²) in [6, 6.07) is 4.92. The minimum Gasteiger partial charge on any atom is -0.495 e. The highest BCUT2D eigenvalue weighted by Crippen LogP contribution is 2.37. The van der Waals surface area contributed by atoms with Gasteiger partial charge in [0.2, 0.25) is 15.9 Å². The number of amides is 1. The Kier molecular flexibility index (Phi) is 4.10. The summed E-state index contributed by atoms with van der Waals surface area (Å²) < 4.78 is 33.1. The monoisotopic (exact) mass is 338 g/mol. The van der Waals surface area contributed by atoms with Crippen LogP contribution in [0.3, 0.4) is 0 Å². The van der Waals surface area contributed by atoms with Gasteiger partial charge in [0, 0.05) is 25.0 Å². The number of benzene rings is 1. The number of methoxy groups -OCH3 is 1. The second kappa shape index (κ2) is 5.79. The molecule has 1 amide bonds. The Labute approximate surface area is 136 Å². The van der Waals surface area contributed by atoms with Crippen molar-refractivity contribution in [3.8, 4) is 5.75 Å². The number of nitrogens with zero attached hydrogens (tertiary/aromatic N) is 1. The van der Waals surface area contributed by atoms with Crippen LogP contribution in [0.1, 0.15) is 25.3 Å². The SMILES string of the molecule is COc1ccc(C)cc1S(=O)(=O)N[C@@H]1CC(=O)N([C@H]2C[C@H]2C)C1. The number of aryl methyl sites for hydroxylation is 1. The van der Waals surface area contributed by atoms with Crippen molar-refractivity contribution >= 4 is 15.9 Å². The highest BCUT2D eigenvalue weighted by atomic mass is 32.2. The van der Waals surface area contributed by atoms with Crippen molar-refractivity contribution in [2.24, 2.45) is 5.92 Å². The van der Waals surface area contributed by atoms with Gasteiger partial charge in [0.1, 0.15) is 10.6 Å². The van der Waals surface area contributed by atoms with E-state index in [0.29, 0.717) is 18.2 Å². The summed E-state index contributed by atoms with van der Waals surface area (Å²) in [4.78, 5) is 14.0. The van der Waals surface area contributed by atoms with Crippen LogP contribution < -0.4 is 9.46 Å². The van der Waals surface area contributed by atoms with Gasteiger partial charge in [0.25, 0.3) is 0 Å². The molecule has 2 aliphatic rings. The van der Waals surface area contributed by atoms with E-state index in [1.165, 1.54) is 7.11 Å². The van der Waals surface area contributed by atoms with Crippen molar-refractivity contribution in [3.05, 3.63) is 23.8 Å². The molecule has 1 saturated carbocycles. The molecule has 0 spiro atoms. The Hall–Kier alpha value is -1.60. The van der Waals surface area contributed by atoms with Crippen molar-refractivity contribution in [1.82, 2.24) is 9.62 Å². The second-order valence-electron chi connectivity index (χ2n) is 6.50. The molecular formula is C16H22N2O4S. The summed E-state index contributed by atoms with van der Waals surface area (Å²) in [6.45, 7) is 4.38. The number of ether oxygens (including phenoxy) is 1. The molecule has 126 valence electrons. The average Bonchev–Trinajstić information content (AvgIpc) is 3.09. The lowest BCUT2D eigenvalue weighted by molar-refractivity contribution is -0.128. The van der Waals surface area contributed by atoms with Crippen LogP contribution in [0.15, 0.2) is 23.1 Å². The van der Waals surface area contributed by atoms with E-state index in [0.717, 1.165) is 12.0 Å². The van der Waals surface area contributed by atoms with Gasteiger partial charge >= 0.3 is 0 Å². The van der Waals surface area contributed by atoms with E-state index < -0.39 is 10.0 Å². The molecule has 1 N–H and O–H groups in total. The standard InChI is InChI=1S/C16H22N2O4S/c1-10-4-5-14(22-3)15(6-10)23(20,21)17-12-8-16(19)18(9-12)13-7-11(13)2/h4-6,11-13,17H,7-9H2,1-3H3/t11-,12-,13+/m1/s1. The third-order valence-electron chi connectivity index (χ3n) is 4.56. The van der Waals surface area contributed by atoms with Gasteiger partial charge in [-0.2, -0.15) is 0 Å². The van der Waals surface area contributed by atoms with Gasteiger partial charge in [-0.1, -0.05) is 13.0 Å². The molecule has 3 atom stereocenters. The number of nitrogens with one attached hydrogen (secondary N) is 1. The third-order valence-corrected chi connectivity index (χ3v) is 6.10. The maximum absolute atomic E-state index is 12.7. The molecular weight excluding hydrogens is 316 g/mol. The Balaban J connectivity index is 1.77. The molecule has 0 aromatic heterocycles. The summed E-state index contributed by atoms with van der Waals surface area (Å²) in [7, 11) is -2.29. The van der Waals surface area contributed by atoms with Crippen LogP contribution in [0.2, 0.25) is 0 Å². The smallest absolute Gasteiger partial charge is 0.244 e. The molecule has 1 saturated heterocycles. The Morgan fingerprint density at radius 2 is 2.04 bits per heavy atom. The van der Waals surface area contributed by atoms with E-state index in [1.807, 2.05) is 11.8 Å². The Morgan fingerprint density at radius 3 is 2.65 bits per heavy atom. The fourth-order valence-corrected chi connectivity index (χ4v) is 4.63. The van der Waals surface area contributed by atoms with E-state index >= 15 is 0 Å². The molecule has 1 aromatic carbocycles. The number of hydrogen-bond donors (Lipinski definition) is 1. The van der Waals surface area contributed by atoms with E-state index in [1.54, 1.807) is 18.2 Å². The summed E-state index contributed by atoms with van der Waals surface area (Å²) in [5, 5.41) is 0. The number of rotatable bonds is 5. The van der Waals surface area contributed by atoms with Gasteiger partial charge in [-0.15, -0.1) is 0 Å². The lowest BCUT2D eigenvalue weighted by Gasteiger charge is -2.17. The summed E-state index contributed by atoms with van der Waals surface area (Å²) in [5.74, 6) is 0.856. The molecule has 2 fully saturated rings. The normalized spacial score (nSPS) is 27.3. The molecule has 3 rings (SSSR count). The highest BCUT2D eigenvalue weighted by Gasteiger charge is 2.45. The quantitative estimate of drug-likeness (QED) is 0.878. The molecule has 0 unspecified atom stereocenters. The van der Waals surface area contributed by atoms with Crippen molar-refractivity contribution < 1.29 is 17.9 Å². The van der Waals surface area contributed by atoms with Crippen LogP contribution in [-0.2, 0) is 14.8 Å². The molecule has 1 aromatic rings. The second-order valence-corrected chi connectivity index (χ2v) is 8.19. The van der Waals surface area contributed by atoms with Crippen molar-refractivity contribution in [1.29, 1.82) is 0 Å². The fourth-order valence-electron chi connectivity index (χ4n) is 3.14. The summed E-state index contributed by atoms with van der Waals surface area (Å²) in [5.41, 5.74) is 0.835. The van der Waals surface area contributed by atoms with Crippen molar-refractivity contribution in [2.75, 3.05) is 13.7 Å². The number of sulfonamides is 1. The molecule has 0 bridgehead atoms. The van der Waals surface area contributed by atoms with Gasteiger partial charge in [-0.25, -0.2) is 13.1 Å². The van der Waals surface area contributed by atoms with Gasteiger partial charge in [-0.3, -0.25) is 4.79 Å². The Bertz CT molecular complexity index is 732. The average molecular weight is 338 g/mol. The first-order valence-electron chi connectivity index (χ1n) is 7.78. The van der Waals surface area contributed by atoms with Crippen LogP contribution in [0, 0.1) is 12.8 Å². The molecule has 23 heavy (non-hydrogen) atoms. The summed E-state index contributed by atoms with van der Waals surface area (Å²) in [6.07, 6.45) is 1.23. The van der Waals surface area contributed by atoms with Gasteiger partial charge in [-0.05, 0) is 37.0 Å². The summed E-state index contributed by atoms with van der Waals surface area (Å²) >= 11 is 0. The lowest BCUT2D eigenvalue weighted by Crippen LogP contribution is -2.38. The number of carbonyl (C=O) groups is 1. The molecule has 1 aliphatic heterocycles. The topological polar surface area (TPSA) is 75.7 Å². The number of likely N-dealkylation sites (tertiary alicyclic amines) is 1. The predicted octanol–water partition coefficient (Wildman–Crippen LogP) is 1.29. The maximum Gasteiger partial charge on any atom is 0.244 e. The van der Waals surface area contributed by atoms with Crippen LogP contribution in [0.4, 0.5) is 0 Å². The first-order chi connectivity index (χ1) is 10.8.